The Balaban J connectivity index is 2.17. The summed E-state index contributed by atoms with van der Waals surface area (Å²) in [6.45, 7) is 5.05. The molecule has 2 fully saturated rings. The van der Waals surface area contributed by atoms with Crippen molar-refractivity contribution in [2.45, 2.75) is 64.0 Å². The molecule has 2 saturated heterocycles. The number of carboxylic acid groups (broad SMARTS) is 1. The molecule has 5 heteroatoms. The van der Waals surface area contributed by atoms with E-state index in [-0.39, 0.29) is 12.1 Å². The van der Waals surface area contributed by atoms with Crippen LogP contribution in [0.1, 0.15) is 52.4 Å². The summed E-state index contributed by atoms with van der Waals surface area (Å²) in [6.07, 6.45) is 5.52. The van der Waals surface area contributed by atoms with Gasteiger partial charge in [-0.15, -0.1) is 0 Å². The molecule has 5 nitrogen and oxygen atoms in total. The zero-order valence-corrected chi connectivity index (χ0v) is 11.9. The largest absolute Gasteiger partial charge is 0.480 e. The molecule has 0 saturated carbocycles. The topological polar surface area (TPSA) is 60.9 Å². The molecular weight excluding hydrogens is 244 g/mol. The number of hydrogen-bond donors (Lipinski definition) is 1. The number of carboxylic acids is 1. The minimum atomic E-state index is -1.04. The van der Waals surface area contributed by atoms with Gasteiger partial charge in [0.1, 0.15) is 5.54 Å². The predicted octanol–water partition coefficient (Wildman–Crippen LogP) is 2.31. The Kier molecular flexibility index (Phi) is 4.02. The molecule has 19 heavy (non-hydrogen) atoms. The molecule has 108 valence electrons. The molecule has 2 unspecified atom stereocenters. The van der Waals surface area contributed by atoms with Crippen LogP contribution >= 0.6 is 0 Å². The average Bonchev–Trinajstić information content (AvgIpc) is 2.39. The van der Waals surface area contributed by atoms with Crippen molar-refractivity contribution in [1.82, 2.24) is 9.80 Å². The Bertz CT molecular complexity index is 372. The number of carbonyl (C=O) groups excluding carboxylic acids is 1. The molecule has 0 aromatic rings. The molecule has 2 rings (SSSR count). The predicted molar refractivity (Wildman–Crippen MR) is 72.0 cm³/mol. The number of urea groups is 1. The third kappa shape index (κ3) is 2.55. The van der Waals surface area contributed by atoms with E-state index in [0.717, 1.165) is 38.6 Å². The van der Waals surface area contributed by atoms with Crippen LogP contribution in [0.5, 0.6) is 0 Å². The van der Waals surface area contributed by atoms with E-state index >= 15 is 0 Å². The number of hydrogen-bond acceptors (Lipinski definition) is 2. The first kappa shape index (κ1) is 14.2. The van der Waals surface area contributed by atoms with E-state index < -0.39 is 11.5 Å². The Hall–Kier alpha value is -1.26. The van der Waals surface area contributed by atoms with E-state index in [0.29, 0.717) is 13.0 Å². The zero-order valence-electron chi connectivity index (χ0n) is 11.9. The molecule has 2 aliphatic heterocycles. The van der Waals surface area contributed by atoms with Gasteiger partial charge in [0.25, 0.3) is 0 Å². The summed E-state index contributed by atoms with van der Waals surface area (Å²) in [6, 6.07) is 0.137. The number of nitrogens with zero attached hydrogens (tertiary/aromatic N) is 2. The van der Waals surface area contributed by atoms with Crippen molar-refractivity contribution in [1.29, 1.82) is 0 Å². The van der Waals surface area contributed by atoms with Crippen molar-refractivity contribution in [3.8, 4) is 0 Å². The van der Waals surface area contributed by atoms with Crippen LogP contribution in [0.2, 0.25) is 0 Å². The highest BCUT2D eigenvalue weighted by molar-refractivity contribution is 5.86. The first-order valence-corrected chi connectivity index (χ1v) is 7.28. The van der Waals surface area contributed by atoms with Crippen molar-refractivity contribution in [3.63, 3.8) is 0 Å². The average molecular weight is 268 g/mol. The van der Waals surface area contributed by atoms with Crippen LogP contribution in [0, 0.1) is 0 Å². The van der Waals surface area contributed by atoms with Crippen molar-refractivity contribution >= 4 is 12.0 Å². The summed E-state index contributed by atoms with van der Waals surface area (Å²) in [4.78, 5) is 27.7. The molecule has 0 spiro atoms. The lowest BCUT2D eigenvalue weighted by Gasteiger charge is -2.46. The quantitative estimate of drug-likeness (QED) is 0.794. The Labute approximate surface area is 114 Å². The van der Waals surface area contributed by atoms with Gasteiger partial charge in [-0.25, -0.2) is 9.59 Å². The fourth-order valence-corrected chi connectivity index (χ4v) is 3.19. The standard InChI is InChI=1S/C14H24N2O3/c1-11-7-3-5-9-15(11)13(19)16-10-6-4-8-14(16,2)12(17)18/h11H,3-10H2,1-2H3,(H,17,18). The fraction of sp³-hybridized carbons (Fsp3) is 0.857. The van der Waals surface area contributed by atoms with Crippen molar-refractivity contribution < 1.29 is 14.7 Å². The molecule has 1 N–H and O–H groups in total. The monoisotopic (exact) mass is 268 g/mol. The van der Waals surface area contributed by atoms with E-state index in [1.54, 1.807) is 11.8 Å². The van der Waals surface area contributed by atoms with Crippen LogP contribution in [0.25, 0.3) is 0 Å². The highest BCUT2D eigenvalue weighted by atomic mass is 16.4. The van der Waals surface area contributed by atoms with Crippen LogP contribution in [-0.4, -0.2) is 51.6 Å². The summed E-state index contributed by atoms with van der Waals surface area (Å²) in [5.41, 5.74) is -1.04. The van der Waals surface area contributed by atoms with E-state index in [9.17, 15) is 14.7 Å². The van der Waals surface area contributed by atoms with E-state index in [2.05, 4.69) is 6.92 Å². The molecule has 0 radical (unpaired) electrons. The normalized spacial score (nSPS) is 32.2. The third-order valence-corrected chi connectivity index (χ3v) is 4.63. The zero-order chi connectivity index (χ0) is 14.0. The maximum absolute atomic E-state index is 12.7. The van der Waals surface area contributed by atoms with E-state index in [1.165, 1.54) is 0 Å². The number of carbonyl (C=O) groups is 2. The molecular formula is C14H24N2O3. The number of likely N-dealkylation sites (tertiary alicyclic amines) is 2. The second kappa shape index (κ2) is 5.39. The number of amides is 2. The van der Waals surface area contributed by atoms with Crippen molar-refractivity contribution in [3.05, 3.63) is 0 Å². The minimum absolute atomic E-state index is 0.0863. The molecule has 0 bridgehead atoms. The van der Waals surface area contributed by atoms with Crippen LogP contribution < -0.4 is 0 Å². The van der Waals surface area contributed by atoms with Gasteiger partial charge in [0, 0.05) is 19.1 Å². The maximum atomic E-state index is 12.7. The highest BCUT2D eigenvalue weighted by Crippen LogP contribution is 2.30. The van der Waals surface area contributed by atoms with Gasteiger partial charge in [0.15, 0.2) is 0 Å². The van der Waals surface area contributed by atoms with Crippen molar-refractivity contribution in [2.24, 2.45) is 0 Å². The van der Waals surface area contributed by atoms with Gasteiger partial charge >= 0.3 is 12.0 Å². The van der Waals surface area contributed by atoms with Crippen LogP contribution in [0.4, 0.5) is 4.79 Å². The summed E-state index contributed by atoms with van der Waals surface area (Å²) in [5.74, 6) is -0.884. The molecule has 0 aromatic heterocycles. The Morgan fingerprint density at radius 3 is 2.47 bits per heavy atom. The number of piperidine rings is 2. The molecule has 0 aliphatic carbocycles. The van der Waals surface area contributed by atoms with Gasteiger partial charge in [-0.1, -0.05) is 0 Å². The molecule has 2 amide bonds. The summed E-state index contributed by atoms with van der Waals surface area (Å²) in [5, 5.41) is 9.47. The summed E-state index contributed by atoms with van der Waals surface area (Å²) >= 11 is 0. The molecule has 2 heterocycles. The lowest BCUT2D eigenvalue weighted by Crippen LogP contribution is -2.62. The first-order chi connectivity index (χ1) is 8.97. The number of rotatable bonds is 1. The smallest absolute Gasteiger partial charge is 0.329 e. The van der Waals surface area contributed by atoms with Crippen LogP contribution in [-0.2, 0) is 4.79 Å². The maximum Gasteiger partial charge on any atom is 0.329 e. The van der Waals surface area contributed by atoms with E-state index in [4.69, 9.17) is 0 Å². The SMILES string of the molecule is CC1CCCCN1C(=O)N1CCCCC1(C)C(=O)O. The van der Waals surface area contributed by atoms with Gasteiger partial charge < -0.3 is 14.9 Å². The first-order valence-electron chi connectivity index (χ1n) is 7.28. The van der Waals surface area contributed by atoms with Gasteiger partial charge in [-0.05, 0) is 52.4 Å². The molecule has 0 aromatic carbocycles. The van der Waals surface area contributed by atoms with Crippen molar-refractivity contribution in [2.75, 3.05) is 13.1 Å². The van der Waals surface area contributed by atoms with Crippen LogP contribution in [0.15, 0.2) is 0 Å². The van der Waals surface area contributed by atoms with Gasteiger partial charge in [0.2, 0.25) is 0 Å². The number of aliphatic carboxylic acids is 1. The summed E-state index contributed by atoms with van der Waals surface area (Å²) < 4.78 is 0. The minimum Gasteiger partial charge on any atom is -0.480 e. The lowest BCUT2D eigenvalue weighted by molar-refractivity contribution is -0.151. The molecule has 2 atom stereocenters. The second-order valence-corrected chi connectivity index (χ2v) is 6.01. The molecule has 2 aliphatic rings. The summed E-state index contributed by atoms with van der Waals surface area (Å²) in [7, 11) is 0. The van der Waals surface area contributed by atoms with Gasteiger partial charge in [-0.3, -0.25) is 0 Å². The Morgan fingerprint density at radius 1 is 1.16 bits per heavy atom. The Morgan fingerprint density at radius 2 is 1.84 bits per heavy atom. The third-order valence-electron chi connectivity index (χ3n) is 4.63. The second-order valence-electron chi connectivity index (χ2n) is 6.01. The van der Waals surface area contributed by atoms with Gasteiger partial charge in [0.05, 0.1) is 0 Å². The van der Waals surface area contributed by atoms with Crippen LogP contribution in [0.3, 0.4) is 0 Å². The highest BCUT2D eigenvalue weighted by Gasteiger charge is 2.45. The fourth-order valence-electron chi connectivity index (χ4n) is 3.19. The van der Waals surface area contributed by atoms with Gasteiger partial charge in [-0.2, -0.15) is 0 Å². The van der Waals surface area contributed by atoms with E-state index in [1.807, 2.05) is 4.90 Å². The lowest BCUT2D eigenvalue weighted by atomic mass is 9.88.